The van der Waals surface area contributed by atoms with Crippen molar-refractivity contribution in [2.45, 2.75) is 25.3 Å². The number of nitrogens with one attached hydrogen (secondary N) is 1. The average molecular weight is 268 g/mol. The van der Waals surface area contributed by atoms with E-state index in [4.69, 9.17) is 5.11 Å². The predicted molar refractivity (Wildman–Crippen MR) is 68.8 cm³/mol. The number of hydrogen-bond donors (Lipinski definition) is 2. The molecule has 6 heteroatoms. The van der Waals surface area contributed by atoms with Crippen LogP contribution in [0.1, 0.15) is 18.4 Å². The van der Waals surface area contributed by atoms with Crippen molar-refractivity contribution in [2.75, 3.05) is 13.1 Å². The molecule has 2 N–H and O–H groups in total. The zero-order chi connectivity index (χ0) is 13.0. The highest BCUT2D eigenvalue weighted by Crippen LogP contribution is 2.17. The Bertz CT molecular complexity index is 419. The molecule has 0 saturated carbocycles. The summed E-state index contributed by atoms with van der Waals surface area (Å²) in [6.45, 7) is 1.07. The fourth-order valence-corrected chi connectivity index (χ4v) is 2.82. The number of likely N-dealkylation sites (tertiary alicyclic amines) is 1. The number of amides is 2. The van der Waals surface area contributed by atoms with Gasteiger partial charge in [0, 0.05) is 13.1 Å². The third-order valence-corrected chi connectivity index (χ3v) is 3.80. The first-order chi connectivity index (χ1) is 8.68. The second kappa shape index (κ2) is 5.86. The van der Waals surface area contributed by atoms with Gasteiger partial charge in [-0.25, -0.2) is 9.59 Å². The number of rotatable bonds is 4. The summed E-state index contributed by atoms with van der Waals surface area (Å²) in [4.78, 5) is 24.2. The maximum Gasteiger partial charge on any atom is 0.326 e. The number of thiophene rings is 1. The first-order valence-corrected chi connectivity index (χ1v) is 6.91. The van der Waals surface area contributed by atoms with Crippen LogP contribution in [0.4, 0.5) is 4.79 Å². The highest BCUT2D eigenvalue weighted by atomic mass is 32.1. The minimum absolute atomic E-state index is 0.268. The van der Waals surface area contributed by atoms with Gasteiger partial charge in [0.15, 0.2) is 0 Å². The normalized spacial score (nSPS) is 18.9. The Morgan fingerprint density at radius 1 is 1.56 bits per heavy atom. The van der Waals surface area contributed by atoms with Gasteiger partial charge in [0.2, 0.25) is 0 Å². The second-order valence-corrected chi connectivity index (χ2v) is 5.08. The molecule has 2 heterocycles. The molecule has 0 radical (unpaired) electrons. The van der Waals surface area contributed by atoms with Gasteiger partial charge in [-0.1, -0.05) is 0 Å². The van der Waals surface area contributed by atoms with Gasteiger partial charge in [-0.05, 0) is 41.7 Å². The molecule has 0 spiro atoms. The lowest BCUT2D eigenvalue weighted by Gasteiger charge is -2.21. The molecular formula is C12H16N2O3S. The number of nitrogens with zero attached hydrogens (tertiary/aromatic N) is 1. The van der Waals surface area contributed by atoms with Gasteiger partial charge in [0.05, 0.1) is 0 Å². The molecule has 0 bridgehead atoms. The van der Waals surface area contributed by atoms with E-state index in [9.17, 15) is 9.59 Å². The van der Waals surface area contributed by atoms with Gasteiger partial charge in [0.25, 0.3) is 0 Å². The number of carboxylic acids is 1. The molecule has 5 nitrogen and oxygen atoms in total. The van der Waals surface area contributed by atoms with Crippen molar-refractivity contribution in [2.24, 2.45) is 0 Å². The number of aliphatic carboxylic acids is 1. The van der Waals surface area contributed by atoms with Crippen LogP contribution in [0, 0.1) is 0 Å². The lowest BCUT2D eigenvalue weighted by molar-refractivity contribution is -0.141. The number of hydrogen-bond acceptors (Lipinski definition) is 3. The maximum atomic E-state index is 11.8. The molecule has 98 valence electrons. The molecule has 1 unspecified atom stereocenters. The third-order valence-electron chi connectivity index (χ3n) is 3.07. The van der Waals surface area contributed by atoms with Crippen LogP contribution in [0.2, 0.25) is 0 Å². The minimum atomic E-state index is -0.916. The van der Waals surface area contributed by atoms with Crippen molar-refractivity contribution in [3.8, 4) is 0 Å². The third kappa shape index (κ3) is 3.01. The fourth-order valence-electron chi connectivity index (χ4n) is 2.12. The SMILES string of the molecule is O=C(O)C1CCCN1C(=O)NCCc1ccsc1. The highest BCUT2D eigenvalue weighted by molar-refractivity contribution is 7.07. The van der Waals surface area contributed by atoms with Gasteiger partial charge in [-0.15, -0.1) is 0 Å². The van der Waals surface area contributed by atoms with E-state index in [2.05, 4.69) is 5.32 Å². The summed E-state index contributed by atoms with van der Waals surface area (Å²) in [5.41, 5.74) is 1.19. The molecule has 1 aliphatic rings. The van der Waals surface area contributed by atoms with E-state index in [1.54, 1.807) is 11.3 Å². The Morgan fingerprint density at radius 2 is 2.39 bits per heavy atom. The zero-order valence-electron chi connectivity index (χ0n) is 9.96. The highest BCUT2D eigenvalue weighted by Gasteiger charge is 2.33. The van der Waals surface area contributed by atoms with Crippen LogP contribution >= 0.6 is 11.3 Å². The summed E-state index contributed by atoms with van der Waals surface area (Å²) in [5, 5.41) is 15.8. The van der Waals surface area contributed by atoms with E-state index >= 15 is 0 Å². The summed E-state index contributed by atoms with van der Waals surface area (Å²) in [5.74, 6) is -0.916. The van der Waals surface area contributed by atoms with Crippen molar-refractivity contribution in [3.63, 3.8) is 0 Å². The van der Waals surface area contributed by atoms with Crippen LogP contribution in [0.25, 0.3) is 0 Å². The van der Waals surface area contributed by atoms with Crippen molar-refractivity contribution in [1.82, 2.24) is 10.2 Å². The Balaban J connectivity index is 1.79. The van der Waals surface area contributed by atoms with E-state index in [-0.39, 0.29) is 6.03 Å². The summed E-state index contributed by atoms with van der Waals surface area (Å²) >= 11 is 1.63. The number of urea groups is 1. The summed E-state index contributed by atoms with van der Waals surface area (Å²) in [6.07, 6.45) is 2.09. The second-order valence-electron chi connectivity index (χ2n) is 4.30. The monoisotopic (exact) mass is 268 g/mol. The van der Waals surface area contributed by atoms with Gasteiger partial charge in [-0.3, -0.25) is 0 Å². The standard InChI is InChI=1S/C12H16N2O3S/c15-11(16)10-2-1-6-14(10)12(17)13-5-3-9-4-7-18-8-9/h4,7-8,10H,1-3,5-6H2,(H,13,17)(H,15,16). The van der Waals surface area contributed by atoms with E-state index < -0.39 is 12.0 Å². The number of carboxylic acid groups (broad SMARTS) is 1. The van der Waals surface area contributed by atoms with Crippen LogP contribution in [0.5, 0.6) is 0 Å². The van der Waals surface area contributed by atoms with E-state index in [1.165, 1.54) is 10.5 Å². The van der Waals surface area contributed by atoms with E-state index in [0.29, 0.717) is 19.5 Å². The predicted octanol–water partition coefficient (Wildman–Crippen LogP) is 1.55. The topological polar surface area (TPSA) is 69.6 Å². The maximum absolute atomic E-state index is 11.8. The van der Waals surface area contributed by atoms with Crippen LogP contribution in [-0.2, 0) is 11.2 Å². The van der Waals surface area contributed by atoms with Crippen LogP contribution in [-0.4, -0.2) is 41.1 Å². The molecule has 1 aromatic rings. The van der Waals surface area contributed by atoms with Crippen LogP contribution < -0.4 is 5.32 Å². The largest absolute Gasteiger partial charge is 0.480 e. The number of carbonyl (C=O) groups is 2. The molecule has 2 amide bonds. The zero-order valence-corrected chi connectivity index (χ0v) is 10.8. The smallest absolute Gasteiger partial charge is 0.326 e. The van der Waals surface area contributed by atoms with Gasteiger partial charge >= 0.3 is 12.0 Å². The first-order valence-electron chi connectivity index (χ1n) is 5.97. The Kier molecular flexibility index (Phi) is 4.19. The van der Waals surface area contributed by atoms with Crippen LogP contribution in [0.3, 0.4) is 0 Å². The summed E-state index contributed by atoms with van der Waals surface area (Å²) in [7, 11) is 0. The fraction of sp³-hybridized carbons (Fsp3) is 0.500. The molecular weight excluding hydrogens is 252 g/mol. The van der Waals surface area contributed by atoms with Crippen molar-refractivity contribution in [1.29, 1.82) is 0 Å². The lowest BCUT2D eigenvalue weighted by Crippen LogP contribution is -2.46. The number of carbonyl (C=O) groups excluding carboxylic acids is 1. The van der Waals surface area contributed by atoms with Gasteiger partial charge in [0.1, 0.15) is 6.04 Å². The minimum Gasteiger partial charge on any atom is -0.480 e. The molecule has 18 heavy (non-hydrogen) atoms. The molecule has 0 aromatic carbocycles. The summed E-state index contributed by atoms with van der Waals surface area (Å²) in [6, 6.07) is 1.09. The molecule has 1 saturated heterocycles. The Hall–Kier alpha value is -1.56. The van der Waals surface area contributed by atoms with Gasteiger partial charge < -0.3 is 15.3 Å². The quantitative estimate of drug-likeness (QED) is 0.870. The van der Waals surface area contributed by atoms with Crippen molar-refractivity contribution in [3.05, 3.63) is 22.4 Å². The molecule has 1 aliphatic heterocycles. The Labute approximate surface area is 109 Å². The lowest BCUT2D eigenvalue weighted by atomic mass is 10.2. The molecule has 1 fully saturated rings. The van der Waals surface area contributed by atoms with E-state index in [0.717, 1.165) is 12.8 Å². The molecule has 2 rings (SSSR count). The first kappa shape index (κ1) is 12.9. The molecule has 0 aliphatic carbocycles. The van der Waals surface area contributed by atoms with Crippen molar-refractivity contribution >= 4 is 23.3 Å². The molecule has 1 aromatic heterocycles. The molecule has 1 atom stereocenters. The van der Waals surface area contributed by atoms with Gasteiger partial charge in [-0.2, -0.15) is 11.3 Å². The van der Waals surface area contributed by atoms with E-state index in [1.807, 2.05) is 16.8 Å². The Morgan fingerprint density at radius 3 is 3.06 bits per heavy atom. The van der Waals surface area contributed by atoms with Crippen molar-refractivity contribution < 1.29 is 14.7 Å². The summed E-state index contributed by atoms with van der Waals surface area (Å²) < 4.78 is 0. The average Bonchev–Trinajstić information content (AvgIpc) is 2.99. The van der Waals surface area contributed by atoms with Crippen LogP contribution in [0.15, 0.2) is 16.8 Å².